The molecule has 0 radical (unpaired) electrons. The zero-order chi connectivity index (χ0) is 15.5. The normalized spacial score (nSPS) is 20.7. The van der Waals surface area contributed by atoms with Gasteiger partial charge in [0, 0.05) is 24.3 Å². The number of amides is 1. The van der Waals surface area contributed by atoms with Crippen molar-refractivity contribution in [3.8, 4) is 0 Å². The van der Waals surface area contributed by atoms with Gasteiger partial charge in [0.1, 0.15) is 0 Å². The Morgan fingerprint density at radius 3 is 2.52 bits per heavy atom. The predicted octanol–water partition coefficient (Wildman–Crippen LogP) is 3.96. The summed E-state index contributed by atoms with van der Waals surface area (Å²) in [6, 6.07) is 17.9. The topological polar surface area (TPSA) is 46.3 Å². The Morgan fingerprint density at radius 2 is 1.87 bits per heavy atom. The number of hydrogen-bond acceptors (Lipinski definition) is 2. The van der Waals surface area contributed by atoms with Crippen molar-refractivity contribution in [1.82, 2.24) is 4.90 Å². The fourth-order valence-electron chi connectivity index (χ4n) is 3.38. The molecule has 122 valence electrons. The van der Waals surface area contributed by atoms with Crippen molar-refractivity contribution < 1.29 is 4.79 Å². The lowest BCUT2D eigenvalue weighted by atomic mass is 9.81. The minimum atomic E-state index is 0. The molecule has 1 saturated heterocycles. The summed E-state index contributed by atoms with van der Waals surface area (Å²) in [5.74, 6) is 1.08. The Morgan fingerprint density at radius 1 is 1.13 bits per heavy atom. The van der Waals surface area contributed by atoms with E-state index in [0.29, 0.717) is 23.1 Å². The summed E-state index contributed by atoms with van der Waals surface area (Å²) in [5.41, 5.74) is 8.48. The molecule has 0 aliphatic carbocycles. The van der Waals surface area contributed by atoms with E-state index in [2.05, 4.69) is 31.2 Å². The van der Waals surface area contributed by atoms with E-state index in [4.69, 9.17) is 5.73 Å². The quantitative estimate of drug-likeness (QED) is 0.847. The molecule has 1 aliphatic rings. The molecule has 23 heavy (non-hydrogen) atoms. The lowest BCUT2D eigenvalue weighted by molar-refractivity contribution is 0.0661. The molecule has 0 bridgehead atoms. The van der Waals surface area contributed by atoms with Gasteiger partial charge in [-0.15, -0.1) is 12.4 Å². The molecule has 2 atom stereocenters. The fourth-order valence-corrected chi connectivity index (χ4v) is 3.38. The van der Waals surface area contributed by atoms with Crippen molar-refractivity contribution >= 4 is 24.0 Å². The number of likely N-dealkylation sites (tertiary alicyclic amines) is 1. The van der Waals surface area contributed by atoms with Crippen LogP contribution in [-0.2, 0) is 0 Å². The van der Waals surface area contributed by atoms with Crippen molar-refractivity contribution in [2.75, 3.05) is 18.8 Å². The summed E-state index contributed by atoms with van der Waals surface area (Å²) in [6.07, 6.45) is 1.01. The monoisotopic (exact) mass is 330 g/mol. The highest BCUT2D eigenvalue weighted by Crippen LogP contribution is 2.33. The van der Waals surface area contributed by atoms with E-state index in [-0.39, 0.29) is 18.3 Å². The van der Waals surface area contributed by atoms with Gasteiger partial charge in [0.25, 0.3) is 5.91 Å². The van der Waals surface area contributed by atoms with Crippen LogP contribution in [-0.4, -0.2) is 23.9 Å². The first-order valence-electron chi connectivity index (χ1n) is 7.85. The second-order valence-electron chi connectivity index (χ2n) is 6.16. The van der Waals surface area contributed by atoms with E-state index in [1.165, 1.54) is 5.56 Å². The Bertz CT molecular complexity index is 659. The molecule has 2 aromatic carbocycles. The second-order valence-corrected chi connectivity index (χ2v) is 6.16. The lowest BCUT2D eigenvalue weighted by Gasteiger charge is -2.37. The van der Waals surface area contributed by atoms with E-state index in [0.717, 1.165) is 19.5 Å². The minimum Gasteiger partial charge on any atom is -0.399 e. The van der Waals surface area contributed by atoms with Gasteiger partial charge in [-0.3, -0.25) is 4.79 Å². The number of nitrogen functional groups attached to an aromatic ring is 1. The third kappa shape index (κ3) is 3.85. The summed E-state index contributed by atoms with van der Waals surface area (Å²) in [5, 5.41) is 0. The standard InChI is InChI=1S/C19H22N2O.ClH/c1-14-13-21(19(22)16-8-5-9-17(20)12-16)11-10-18(14)15-6-3-2-4-7-15;/h2-9,12,14,18H,10-11,13,20H2,1H3;1H. The van der Waals surface area contributed by atoms with Gasteiger partial charge in [-0.25, -0.2) is 0 Å². The second kappa shape index (κ2) is 7.51. The first kappa shape index (κ1) is 17.4. The number of halogens is 1. The van der Waals surface area contributed by atoms with Crippen molar-refractivity contribution in [2.45, 2.75) is 19.3 Å². The smallest absolute Gasteiger partial charge is 0.253 e. The van der Waals surface area contributed by atoms with E-state index in [9.17, 15) is 4.79 Å². The molecule has 3 rings (SSSR count). The SMILES string of the molecule is CC1CN(C(=O)c2cccc(N)c2)CCC1c1ccccc1.Cl. The van der Waals surface area contributed by atoms with Gasteiger partial charge in [-0.05, 0) is 42.0 Å². The maximum atomic E-state index is 12.6. The highest BCUT2D eigenvalue weighted by atomic mass is 35.5. The number of hydrogen-bond donors (Lipinski definition) is 1. The Kier molecular flexibility index (Phi) is 5.67. The zero-order valence-corrected chi connectivity index (χ0v) is 14.1. The van der Waals surface area contributed by atoms with Crippen LogP contribution in [0.2, 0.25) is 0 Å². The van der Waals surface area contributed by atoms with E-state index in [1.807, 2.05) is 23.1 Å². The molecular formula is C19H23ClN2O. The molecule has 2 aromatic rings. The van der Waals surface area contributed by atoms with Gasteiger partial charge in [0.2, 0.25) is 0 Å². The average molecular weight is 331 g/mol. The van der Waals surface area contributed by atoms with Crippen LogP contribution in [0.15, 0.2) is 54.6 Å². The number of nitrogens with two attached hydrogens (primary N) is 1. The molecule has 0 saturated carbocycles. The summed E-state index contributed by atoms with van der Waals surface area (Å²) < 4.78 is 0. The first-order valence-corrected chi connectivity index (χ1v) is 7.85. The fraction of sp³-hybridized carbons (Fsp3) is 0.316. The van der Waals surface area contributed by atoms with Crippen LogP contribution in [0, 0.1) is 5.92 Å². The Hall–Kier alpha value is -2.00. The first-order chi connectivity index (χ1) is 10.6. The highest BCUT2D eigenvalue weighted by Gasteiger charge is 2.29. The number of nitrogens with zero attached hydrogens (tertiary/aromatic N) is 1. The number of piperidine rings is 1. The number of anilines is 1. The van der Waals surface area contributed by atoms with Crippen LogP contribution >= 0.6 is 12.4 Å². The number of rotatable bonds is 2. The summed E-state index contributed by atoms with van der Waals surface area (Å²) in [7, 11) is 0. The van der Waals surface area contributed by atoms with E-state index < -0.39 is 0 Å². The number of benzene rings is 2. The summed E-state index contributed by atoms with van der Waals surface area (Å²) in [4.78, 5) is 14.6. The van der Waals surface area contributed by atoms with Gasteiger partial charge in [0.15, 0.2) is 0 Å². The van der Waals surface area contributed by atoms with Crippen LogP contribution < -0.4 is 5.73 Å². The van der Waals surface area contributed by atoms with Gasteiger partial charge < -0.3 is 10.6 Å². The molecule has 1 fully saturated rings. The zero-order valence-electron chi connectivity index (χ0n) is 13.3. The highest BCUT2D eigenvalue weighted by molar-refractivity contribution is 5.95. The van der Waals surface area contributed by atoms with Crippen molar-refractivity contribution in [3.63, 3.8) is 0 Å². The lowest BCUT2D eigenvalue weighted by Crippen LogP contribution is -2.42. The number of carbonyl (C=O) groups excluding carboxylic acids is 1. The van der Waals surface area contributed by atoms with Gasteiger partial charge in [-0.1, -0.05) is 43.3 Å². The molecule has 1 heterocycles. The summed E-state index contributed by atoms with van der Waals surface area (Å²) in [6.45, 7) is 3.83. The van der Waals surface area contributed by atoms with Crippen LogP contribution in [0.5, 0.6) is 0 Å². The van der Waals surface area contributed by atoms with Crippen LogP contribution in [0.25, 0.3) is 0 Å². The minimum absolute atomic E-state index is 0. The average Bonchev–Trinajstić information content (AvgIpc) is 2.55. The number of carbonyl (C=O) groups is 1. The van der Waals surface area contributed by atoms with Crippen molar-refractivity contribution in [1.29, 1.82) is 0 Å². The van der Waals surface area contributed by atoms with Crippen LogP contribution in [0.4, 0.5) is 5.69 Å². The molecule has 1 aliphatic heterocycles. The van der Waals surface area contributed by atoms with Crippen LogP contribution in [0.3, 0.4) is 0 Å². The molecule has 2 unspecified atom stereocenters. The Balaban J connectivity index is 0.00000192. The molecular weight excluding hydrogens is 308 g/mol. The molecule has 4 heteroatoms. The molecule has 1 amide bonds. The predicted molar refractivity (Wildman–Crippen MR) is 97.0 cm³/mol. The summed E-state index contributed by atoms with van der Waals surface area (Å²) >= 11 is 0. The Labute approximate surface area is 143 Å². The maximum absolute atomic E-state index is 12.6. The third-order valence-electron chi connectivity index (χ3n) is 4.55. The van der Waals surface area contributed by atoms with E-state index in [1.54, 1.807) is 12.1 Å². The maximum Gasteiger partial charge on any atom is 0.253 e. The van der Waals surface area contributed by atoms with E-state index >= 15 is 0 Å². The van der Waals surface area contributed by atoms with Gasteiger partial charge in [0.05, 0.1) is 0 Å². The van der Waals surface area contributed by atoms with Crippen LogP contribution in [0.1, 0.15) is 35.2 Å². The largest absolute Gasteiger partial charge is 0.399 e. The molecule has 0 spiro atoms. The molecule has 0 aromatic heterocycles. The van der Waals surface area contributed by atoms with Gasteiger partial charge >= 0.3 is 0 Å². The molecule has 2 N–H and O–H groups in total. The van der Waals surface area contributed by atoms with Crippen molar-refractivity contribution in [2.24, 2.45) is 5.92 Å². The van der Waals surface area contributed by atoms with Crippen molar-refractivity contribution in [3.05, 3.63) is 65.7 Å². The van der Waals surface area contributed by atoms with Gasteiger partial charge in [-0.2, -0.15) is 0 Å². The third-order valence-corrected chi connectivity index (χ3v) is 4.55. The molecule has 3 nitrogen and oxygen atoms in total.